The van der Waals surface area contributed by atoms with Crippen LogP contribution >= 0.6 is 0 Å². The highest BCUT2D eigenvalue weighted by Crippen LogP contribution is 2.34. The van der Waals surface area contributed by atoms with Crippen molar-refractivity contribution in [1.82, 2.24) is 15.3 Å². The molecule has 0 bridgehead atoms. The minimum atomic E-state index is -0.0818. The first-order valence-electron chi connectivity index (χ1n) is 10.3. The highest BCUT2D eigenvalue weighted by molar-refractivity contribution is 5.80. The highest BCUT2D eigenvalue weighted by atomic mass is 16.6. The Hall–Kier alpha value is -2.83. The van der Waals surface area contributed by atoms with Gasteiger partial charge in [0.1, 0.15) is 13.2 Å². The van der Waals surface area contributed by atoms with Crippen LogP contribution in [-0.2, 0) is 4.79 Å². The molecule has 2 atom stereocenters. The fourth-order valence-electron chi connectivity index (χ4n) is 3.99. The van der Waals surface area contributed by atoms with Crippen molar-refractivity contribution in [3.63, 3.8) is 0 Å². The summed E-state index contributed by atoms with van der Waals surface area (Å²) >= 11 is 0. The van der Waals surface area contributed by atoms with Crippen LogP contribution in [0.4, 0.5) is 5.95 Å². The molecule has 0 spiro atoms. The van der Waals surface area contributed by atoms with E-state index in [1.807, 2.05) is 18.2 Å². The van der Waals surface area contributed by atoms with Gasteiger partial charge in [0.05, 0.1) is 12.0 Å². The lowest BCUT2D eigenvalue weighted by atomic mass is 9.92. The molecule has 1 aromatic heterocycles. The van der Waals surface area contributed by atoms with Crippen molar-refractivity contribution >= 4 is 11.9 Å². The maximum Gasteiger partial charge on any atom is 0.225 e. The summed E-state index contributed by atoms with van der Waals surface area (Å²) in [7, 11) is 0. The molecule has 29 heavy (non-hydrogen) atoms. The summed E-state index contributed by atoms with van der Waals surface area (Å²) in [6, 6.07) is 7.66. The molecule has 2 aliphatic rings. The standard InChI is InChI=1S/C22H28N4O3/c1-15(2)20(16-6-7-18-19(13-16)29-12-11-28-18)25-21(27)17-5-3-10-26(14-17)22-23-8-4-9-24-22/h4,6-9,13,15,17,20H,3,5,10-12,14H2,1-2H3,(H,25,27)/t17-,20+/m1/s1. The fourth-order valence-corrected chi connectivity index (χ4v) is 3.99. The third-order valence-electron chi connectivity index (χ3n) is 5.52. The summed E-state index contributed by atoms with van der Waals surface area (Å²) in [4.78, 5) is 23.9. The molecule has 7 heteroatoms. The second kappa shape index (κ2) is 8.68. The Bertz CT molecular complexity index is 843. The van der Waals surface area contributed by atoms with Crippen molar-refractivity contribution in [2.24, 2.45) is 11.8 Å². The zero-order valence-corrected chi connectivity index (χ0v) is 17.0. The second-order valence-electron chi connectivity index (χ2n) is 7.97. The van der Waals surface area contributed by atoms with Crippen molar-refractivity contribution < 1.29 is 14.3 Å². The lowest BCUT2D eigenvalue weighted by Gasteiger charge is -2.33. The molecule has 4 rings (SSSR count). The third-order valence-corrected chi connectivity index (χ3v) is 5.52. The third kappa shape index (κ3) is 4.44. The molecule has 1 aromatic carbocycles. The summed E-state index contributed by atoms with van der Waals surface area (Å²) < 4.78 is 11.3. The van der Waals surface area contributed by atoms with Gasteiger partial charge in [-0.2, -0.15) is 0 Å². The Kier molecular flexibility index (Phi) is 5.83. The van der Waals surface area contributed by atoms with E-state index >= 15 is 0 Å². The van der Waals surface area contributed by atoms with Gasteiger partial charge in [-0.1, -0.05) is 19.9 Å². The second-order valence-corrected chi connectivity index (χ2v) is 7.97. The zero-order valence-electron chi connectivity index (χ0n) is 17.0. The molecule has 154 valence electrons. The Balaban J connectivity index is 1.46. The van der Waals surface area contributed by atoms with Crippen LogP contribution < -0.4 is 19.7 Å². The number of aromatic nitrogens is 2. The molecule has 1 fully saturated rings. The number of anilines is 1. The first-order chi connectivity index (χ1) is 14.1. The van der Waals surface area contributed by atoms with Gasteiger partial charge in [0, 0.05) is 25.5 Å². The van der Waals surface area contributed by atoms with Crippen molar-refractivity contribution in [2.75, 3.05) is 31.2 Å². The van der Waals surface area contributed by atoms with E-state index in [9.17, 15) is 4.79 Å². The molecular formula is C22H28N4O3. The van der Waals surface area contributed by atoms with Crippen LogP contribution in [0.25, 0.3) is 0 Å². The average molecular weight is 396 g/mol. The van der Waals surface area contributed by atoms with Crippen LogP contribution in [0.2, 0.25) is 0 Å². The number of amides is 1. The Morgan fingerprint density at radius 3 is 2.69 bits per heavy atom. The van der Waals surface area contributed by atoms with Crippen molar-refractivity contribution in [3.8, 4) is 11.5 Å². The smallest absolute Gasteiger partial charge is 0.225 e. The lowest BCUT2D eigenvalue weighted by Crippen LogP contribution is -2.45. The number of nitrogens with zero attached hydrogens (tertiary/aromatic N) is 3. The van der Waals surface area contributed by atoms with E-state index in [0.717, 1.165) is 36.4 Å². The van der Waals surface area contributed by atoms with Crippen LogP contribution in [0, 0.1) is 11.8 Å². The van der Waals surface area contributed by atoms with E-state index < -0.39 is 0 Å². The predicted molar refractivity (Wildman–Crippen MR) is 110 cm³/mol. The number of hydrogen-bond acceptors (Lipinski definition) is 6. The van der Waals surface area contributed by atoms with Crippen LogP contribution in [0.3, 0.4) is 0 Å². The molecule has 2 aromatic rings. The van der Waals surface area contributed by atoms with Gasteiger partial charge in [0.15, 0.2) is 11.5 Å². The number of carbonyl (C=O) groups is 1. The number of fused-ring (bicyclic) bond motifs is 1. The van der Waals surface area contributed by atoms with Gasteiger partial charge in [-0.05, 0) is 42.5 Å². The van der Waals surface area contributed by atoms with Gasteiger partial charge < -0.3 is 19.7 Å². The van der Waals surface area contributed by atoms with E-state index in [2.05, 4.69) is 34.0 Å². The molecule has 0 radical (unpaired) electrons. The molecule has 1 saturated heterocycles. The summed E-state index contributed by atoms with van der Waals surface area (Å²) in [5, 5.41) is 3.28. The first-order valence-corrected chi connectivity index (χ1v) is 10.3. The number of hydrogen-bond donors (Lipinski definition) is 1. The molecule has 0 saturated carbocycles. The van der Waals surface area contributed by atoms with Crippen molar-refractivity contribution in [1.29, 1.82) is 0 Å². The predicted octanol–water partition coefficient (Wildman–Crippen LogP) is 2.98. The molecule has 2 aliphatic heterocycles. The van der Waals surface area contributed by atoms with Crippen LogP contribution in [-0.4, -0.2) is 42.2 Å². The molecule has 0 unspecified atom stereocenters. The van der Waals surface area contributed by atoms with E-state index in [1.54, 1.807) is 18.5 Å². The molecule has 7 nitrogen and oxygen atoms in total. The van der Waals surface area contributed by atoms with Crippen LogP contribution in [0.1, 0.15) is 38.3 Å². The monoisotopic (exact) mass is 396 g/mol. The maximum absolute atomic E-state index is 13.1. The largest absolute Gasteiger partial charge is 0.486 e. The van der Waals surface area contributed by atoms with E-state index in [-0.39, 0.29) is 23.8 Å². The van der Waals surface area contributed by atoms with Gasteiger partial charge >= 0.3 is 0 Å². The van der Waals surface area contributed by atoms with Gasteiger partial charge in [0.25, 0.3) is 0 Å². The quantitative estimate of drug-likeness (QED) is 0.837. The van der Waals surface area contributed by atoms with Gasteiger partial charge in [-0.15, -0.1) is 0 Å². The summed E-state index contributed by atoms with van der Waals surface area (Å²) in [6.45, 7) is 6.87. The van der Waals surface area contributed by atoms with Gasteiger partial charge in [0.2, 0.25) is 11.9 Å². The Labute approximate surface area is 171 Å². The fraction of sp³-hybridized carbons (Fsp3) is 0.500. The number of nitrogens with one attached hydrogen (secondary N) is 1. The van der Waals surface area contributed by atoms with E-state index in [0.29, 0.717) is 25.7 Å². The number of benzene rings is 1. The lowest BCUT2D eigenvalue weighted by molar-refractivity contribution is -0.126. The summed E-state index contributed by atoms with van der Waals surface area (Å²) in [5.74, 6) is 2.46. The molecule has 1 N–H and O–H groups in total. The minimum absolute atomic E-state index is 0.0778. The SMILES string of the molecule is CC(C)[C@H](NC(=O)[C@@H]1CCCN(c2ncccn2)C1)c1ccc2c(c1)OCCO2. The molecular weight excluding hydrogens is 368 g/mol. The molecule has 1 amide bonds. The highest BCUT2D eigenvalue weighted by Gasteiger charge is 2.30. The Morgan fingerprint density at radius 2 is 1.93 bits per heavy atom. The van der Waals surface area contributed by atoms with Crippen molar-refractivity contribution in [3.05, 3.63) is 42.2 Å². The number of ether oxygens (including phenoxy) is 2. The van der Waals surface area contributed by atoms with Gasteiger partial charge in [-0.25, -0.2) is 9.97 Å². The first kappa shape index (κ1) is 19.5. The number of rotatable bonds is 5. The number of piperidine rings is 1. The average Bonchev–Trinajstić information content (AvgIpc) is 2.77. The van der Waals surface area contributed by atoms with E-state index in [1.165, 1.54) is 0 Å². The maximum atomic E-state index is 13.1. The van der Waals surface area contributed by atoms with Gasteiger partial charge in [-0.3, -0.25) is 4.79 Å². The summed E-state index contributed by atoms with van der Waals surface area (Å²) in [5.41, 5.74) is 1.04. The molecule has 3 heterocycles. The summed E-state index contributed by atoms with van der Waals surface area (Å²) in [6.07, 6.45) is 5.30. The van der Waals surface area contributed by atoms with Crippen LogP contribution in [0.15, 0.2) is 36.7 Å². The topological polar surface area (TPSA) is 76.6 Å². The Morgan fingerprint density at radius 1 is 1.17 bits per heavy atom. The van der Waals surface area contributed by atoms with Crippen molar-refractivity contribution in [2.45, 2.75) is 32.7 Å². The molecule has 0 aliphatic carbocycles. The van der Waals surface area contributed by atoms with Crippen LogP contribution in [0.5, 0.6) is 11.5 Å². The minimum Gasteiger partial charge on any atom is -0.486 e. The number of carbonyl (C=O) groups excluding carboxylic acids is 1. The normalized spacial score (nSPS) is 19.7. The van der Waals surface area contributed by atoms with E-state index in [4.69, 9.17) is 9.47 Å². The zero-order chi connectivity index (χ0) is 20.2.